The molecule has 0 N–H and O–H groups in total. The molecule has 0 saturated heterocycles. The van der Waals surface area contributed by atoms with E-state index in [0.29, 0.717) is 5.75 Å². The molecule has 148 valence electrons. The highest BCUT2D eigenvalue weighted by Crippen LogP contribution is 2.27. The van der Waals surface area contributed by atoms with Gasteiger partial charge in [-0.3, -0.25) is 9.36 Å². The van der Waals surface area contributed by atoms with Gasteiger partial charge in [0.15, 0.2) is 21.9 Å². The maximum Gasteiger partial charge on any atom is 0.193 e. The summed E-state index contributed by atoms with van der Waals surface area (Å²) in [5, 5.41) is 12.2. The van der Waals surface area contributed by atoms with Gasteiger partial charge in [0.25, 0.3) is 0 Å². The Kier molecular flexibility index (Phi) is 5.64. The number of aromatic nitrogens is 5. The quantitative estimate of drug-likeness (QED) is 0.315. The van der Waals surface area contributed by atoms with Gasteiger partial charge in [0.2, 0.25) is 0 Å². The summed E-state index contributed by atoms with van der Waals surface area (Å²) in [5.74, 6) is 1.22. The van der Waals surface area contributed by atoms with Gasteiger partial charge >= 0.3 is 0 Å². The lowest BCUT2D eigenvalue weighted by Crippen LogP contribution is -2.07. The van der Waals surface area contributed by atoms with Crippen molar-refractivity contribution in [2.75, 3.05) is 5.75 Å². The zero-order chi connectivity index (χ0) is 20.4. The first-order valence-corrected chi connectivity index (χ1v) is 11.2. The van der Waals surface area contributed by atoms with Crippen LogP contribution in [0, 0.1) is 13.8 Å². The third-order valence-corrected chi connectivity index (χ3v) is 6.46. The summed E-state index contributed by atoms with van der Waals surface area (Å²) in [4.78, 5) is 17.3. The van der Waals surface area contributed by atoms with Crippen LogP contribution < -0.4 is 0 Å². The van der Waals surface area contributed by atoms with Gasteiger partial charge in [0.1, 0.15) is 0 Å². The topological polar surface area (TPSA) is 65.6 Å². The van der Waals surface area contributed by atoms with Crippen LogP contribution in [0.25, 0.3) is 16.5 Å². The number of hydrogen-bond donors (Lipinski definition) is 0. The van der Waals surface area contributed by atoms with Gasteiger partial charge in [-0.15, -0.1) is 21.5 Å². The van der Waals surface area contributed by atoms with E-state index in [1.54, 1.807) is 17.5 Å². The summed E-state index contributed by atoms with van der Waals surface area (Å²) < 4.78 is 4.08. The number of thiazole rings is 1. The molecule has 4 aromatic rings. The summed E-state index contributed by atoms with van der Waals surface area (Å²) >= 11 is 2.99. The number of nitrogens with zero attached hydrogens (tertiary/aromatic N) is 5. The van der Waals surface area contributed by atoms with Crippen molar-refractivity contribution in [1.29, 1.82) is 0 Å². The Labute approximate surface area is 177 Å². The Hall–Kier alpha value is -2.71. The molecule has 3 heterocycles. The fraction of sp³-hybridized carbons (Fsp3) is 0.238. The van der Waals surface area contributed by atoms with Gasteiger partial charge in [0, 0.05) is 40.6 Å². The first kappa shape index (κ1) is 19.6. The Morgan fingerprint density at radius 2 is 1.97 bits per heavy atom. The van der Waals surface area contributed by atoms with E-state index in [9.17, 15) is 4.79 Å². The van der Waals surface area contributed by atoms with E-state index in [-0.39, 0.29) is 5.78 Å². The molecule has 6 nitrogen and oxygen atoms in total. The summed E-state index contributed by atoms with van der Waals surface area (Å²) in [6.07, 6.45) is 1.78. The van der Waals surface area contributed by atoms with Gasteiger partial charge in [0.05, 0.1) is 5.75 Å². The maximum absolute atomic E-state index is 12.9. The molecule has 0 aliphatic carbocycles. The molecule has 29 heavy (non-hydrogen) atoms. The zero-order valence-electron chi connectivity index (χ0n) is 16.5. The predicted molar refractivity (Wildman–Crippen MR) is 117 cm³/mol. The molecule has 1 aromatic carbocycles. The molecule has 0 aliphatic rings. The number of carbonyl (C=O) groups excluding carboxylic acids is 1. The Morgan fingerprint density at radius 1 is 1.17 bits per heavy atom. The Balaban J connectivity index is 1.54. The fourth-order valence-corrected chi connectivity index (χ4v) is 4.99. The van der Waals surface area contributed by atoms with Crippen molar-refractivity contribution in [2.45, 2.75) is 32.5 Å². The van der Waals surface area contributed by atoms with Crippen LogP contribution in [-0.4, -0.2) is 35.9 Å². The van der Waals surface area contributed by atoms with Crippen LogP contribution in [0.1, 0.15) is 28.7 Å². The number of rotatable bonds is 7. The highest BCUT2D eigenvalue weighted by Gasteiger charge is 2.20. The third-order valence-electron chi connectivity index (χ3n) is 4.74. The number of benzene rings is 1. The van der Waals surface area contributed by atoms with Crippen LogP contribution >= 0.6 is 23.1 Å². The lowest BCUT2D eigenvalue weighted by Gasteiger charge is -2.07. The monoisotopic (exact) mass is 423 g/mol. The maximum atomic E-state index is 12.9. The van der Waals surface area contributed by atoms with Gasteiger partial charge in [-0.1, -0.05) is 42.1 Å². The molecule has 3 aromatic heterocycles. The molecule has 8 heteroatoms. The average Bonchev–Trinajstić information content (AvgIpc) is 3.45. The fourth-order valence-electron chi connectivity index (χ4n) is 3.35. The van der Waals surface area contributed by atoms with Crippen LogP contribution in [0.3, 0.4) is 0 Å². The minimum atomic E-state index is 0.0813. The van der Waals surface area contributed by atoms with Gasteiger partial charge in [-0.2, -0.15) is 0 Å². The third kappa shape index (κ3) is 3.77. The van der Waals surface area contributed by atoms with E-state index >= 15 is 0 Å². The number of carbonyl (C=O) groups is 1. The average molecular weight is 424 g/mol. The number of aryl methyl sites for hydroxylation is 1. The standard InChI is InChI=1S/C21H21N5OS2/c1-4-25-19(16-8-6-5-7-9-16)23-24-21(25)29-13-18(27)17-12-14(2)26(15(17)3)20-22-10-11-28-20/h5-12H,4,13H2,1-3H3. The van der Waals surface area contributed by atoms with E-state index in [1.807, 2.05) is 64.8 Å². The second kappa shape index (κ2) is 8.34. The van der Waals surface area contributed by atoms with E-state index in [1.165, 1.54) is 11.8 Å². The van der Waals surface area contributed by atoms with Crippen molar-refractivity contribution in [1.82, 2.24) is 24.3 Å². The molecule has 0 unspecified atom stereocenters. The zero-order valence-corrected chi connectivity index (χ0v) is 18.1. The Morgan fingerprint density at radius 3 is 2.66 bits per heavy atom. The van der Waals surface area contributed by atoms with Crippen LogP contribution in [-0.2, 0) is 6.54 Å². The van der Waals surface area contributed by atoms with Crippen molar-refractivity contribution < 1.29 is 4.79 Å². The summed E-state index contributed by atoms with van der Waals surface area (Å²) in [7, 11) is 0. The number of ketones is 1. The van der Waals surface area contributed by atoms with Gasteiger partial charge < -0.3 is 4.57 Å². The molecule has 4 rings (SSSR count). The molecule has 0 spiro atoms. The summed E-state index contributed by atoms with van der Waals surface area (Å²) in [5.41, 5.74) is 3.68. The van der Waals surface area contributed by atoms with Crippen LogP contribution in [0.5, 0.6) is 0 Å². The van der Waals surface area contributed by atoms with E-state index in [4.69, 9.17) is 0 Å². The lowest BCUT2D eigenvalue weighted by molar-refractivity contribution is 0.102. The molecule has 0 aliphatic heterocycles. The first-order chi connectivity index (χ1) is 14.1. The lowest BCUT2D eigenvalue weighted by atomic mass is 10.2. The molecular formula is C21H21N5OS2. The van der Waals surface area contributed by atoms with Crippen molar-refractivity contribution in [2.24, 2.45) is 0 Å². The minimum Gasteiger partial charge on any atom is -0.302 e. The van der Waals surface area contributed by atoms with E-state index in [2.05, 4.69) is 22.1 Å². The molecule has 0 saturated carbocycles. The molecule has 0 atom stereocenters. The van der Waals surface area contributed by atoms with Crippen molar-refractivity contribution in [3.8, 4) is 16.5 Å². The highest BCUT2D eigenvalue weighted by atomic mass is 32.2. The smallest absolute Gasteiger partial charge is 0.193 e. The second-order valence-electron chi connectivity index (χ2n) is 6.56. The minimum absolute atomic E-state index is 0.0813. The molecule has 0 radical (unpaired) electrons. The summed E-state index contributed by atoms with van der Waals surface area (Å²) in [6.45, 7) is 6.77. The molecular weight excluding hydrogens is 402 g/mol. The molecule has 0 fully saturated rings. The van der Waals surface area contributed by atoms with Crippen molar-refractivity contribution in [3.63, 3.8) is 0 Å². The number of Topliss-reactive ketones (excluding diaryl/α,β-unsaturated/α-hetero) is 1. The number of hydrogen-bond acceptors (Lipinski definition) is 6. The van der Waals surface area contributed by atoms with Gasteiger partial charge in [-0.05, 0) is 26.8 Å². The largest absolute Gasteiger partial charge is 0.302 e. The van der Waals surface area contributed by atoms with Crippen molar-refractivity contribution in [3.05, 3.63) is 64.9 Å². The first-order valence-electron chi connectivity index (χ1n) is 9.33. The van der Waals surface area contributed by atoms with Crippen LogP contribution in [0.4, 0.5) is 0 Å². The van der Waals surface area contributed by atoms with Gasteiger partial charge in [-0.25, -0.2) is 4.98 Å². The van der Waals surface area contributed by atoms with Crippen molar-refractivity contribution >= 4 is 28.9 Å². The van der Waals surface area contributed by atoms with E-state index < -0.39 is 0 Å². The SMILES string of the molecule is CCn1c(SCC(=O)c2cc(C)n(-c3nccs3)c2C)nnc1-c1ccccc1. The molecule has 0 bridgehead atoms. The van der Waals surface area contributed by atoms with E-state index in [0.717, 1.165) is 45.2 Å². The predicted octanol–water partition coefficient (Wildman–Crippen LogP) is 4.80. The second-order valence-corrected chi connectivity index (χ2v) is 8.38. The van der Waals surface area contributed by atoms with Crippen LogP contribution in [0.2, 0.25) is 0 Å². The number of thioether (sulfide) groups is 1. The summed E-state index contributed by atoms with van der Waals surface area (Å²) in [6, 6.07) is 11.9. The van der Waals surface area contributed by atoms with Crippen LogP contribution in [0.15, 0.2) is 53.1 Å². The normalized spacial score (nSPS) is 11.1. The highest BCUT2D eigenvalue weighted by molar-refractivity contribution is 7.99. The molecule has 0 amide bonds. The Bertz CT molecular complexity index is 1130.